The molecule has 0 aliphatic carbocycles. The summed E-state index contributed by atoms with van der Waals surface area (Å²) in [4.78, 5) is 11.0. The van der Waals surface area contributed by atoms with Gasteiger partial charge in [0.05, 0.1) is 0 Å². The third kappa shape index (κ3) is 2.73. The summed E-state index contributed by atoms with van der Waals surface area (Å²) in [6.45, 7) is 1.96. The third-order valence-corrected chi connectivity index (χ3v) is 7.80. The zero-order valence-electron chi connectivity index (χ0n) is 7.39. The van der Waals surface area contributed by atoms with Crippen LogP contribution in [0.25, 0.3) is 0 Å². The van der Waals surface area contributed by atoms with E-state index in [9.17, 15) is 4.79 Å². The summed E-state index contributed by atoms with van der Waals surface area (Å²) >= 11 is -1.78. The molecule has 0 radical (unpaired) electrons. The molecule has 10 heavy (non-hydrogen) atoms. The van der Waals surface area contributed by atoms with Gasteiger partial charge in [-0.1, -0.05) is 0 Å². The zero-order chi connectivity index (χ0) is 8.36. The van der Waals surface area contributed by atoms with Crippen molar-refractivity contribution in [3.05, 3.63) is 0 Å². The van der Waals surface area contributed by atoms with Crippen molar-refractivity contribution in [3.8, 4) is 0 Å². The average Bonchev–Trinajstić information content (AvgIpc) is 1.83. The average molecular weight is 205 g/mol. The Morgan fingerprint density at radius 2 is 1.80 bits per heavy atom. The first-order valence-corrected chi connectivity index (χ1v) is 11.0. The molecule has 0 aliphatic rings. The summed E-state index contributed by atoms with van der Waals surface area (Å²) in [6.07, 6.45) is 0. The Morgan fingerprint density at radius 3 is 1.90 bits per heavy atom. The molecule has 0 saturated heterocycles. The van der Waals surface area contributed by atoms with E-state index in [-0.39, 0.29) is 10.7 Å². The van der Waals surface area contributed by atoms with E-state index in [0.29, 0.717) is 0 Å². The van der Waals surface area contributed by atoms with Crippen molar-refractivity contribution < 1.29 is 9.53 Å². The summed E-state index contributed by atoms with van der Waals surface area (Å²) < 4.78 is 4.80. The van der Waals surface area contributed by atoms with E-state index >= 15 is 0 Å². The number of methoxy groups -OCH3 is 1. The second-order valence-corrected chi connectivity index (χ2v) is 15.4. The van der Waals surface area contributed by atoms with E-state index < -0.39 is 13.3 Å². The molecule has 0 spiro atoms. The summed E-state index contributed by atoms with van der Waals surface area (Å²) in [5.74, 6) is 6.58. The summed E-state index contributed by atoms with van der Waals surface area (Å²) in [5.41, 5.74) is 0. The van der Waals surface area contributed by atoms with E-state index in [4.69, 9.17) is 0 Å². The van der Waals surface area contributed by atoms with Gasteiger partial charge in [-0.15, -0.1) is 0 Å². The van der Waals surface area contributed by atoms with E-state index in [1.54, 1.807) is 0 Å². The van der Waals surface area contributed by atoms with Gasteiger partial charge in [0.1, 0.15) is 0 Å². The summed E-state index contributed by atoms with van der Waals surface area (Å²) in [6, 6.07) is 0. The fourth-order valence-electron chi connectivity index (χ4n) is 0.530. The fraction of sp³-hybridized carbons (Fsp3) is 0.857. The van der Waals surface area contributed by atoms with Gasteiger partial charge in [-0.05, 0) is 0 Å². The number of carbonyl (C=O) groups is 1. The zero-order valence-corrected chi connectivity index (χ0v) is 9.49. The van der Waals surface area contributed by atoms with Crippen molar-refractivity contribution in [1.29, 1.82) is 0 Å². The molecule has 0 heterocycles. The number of carbonyl (C=O) groups excluding carboxylic acids is 1. The molecule has 2 nitrogen and oxygen atoms in total. The SMILES string of the molecule is COC(=O)[CH](C)[Ge]([CH3])([CH3])[CH3]. The molecular formula is C7H16GeO2. The third-order valence-electron chi connectivity index (χ3n) is 1.85. The number of esters is 1. The van der Waals surface area contributed by atoms with Crippen molar-refractivity contribution in [1.82, 2.24) is 0 Å². The van der Waals surface area contributed by atoms with Crippen LogP contribution >= 0.6 is 0 Å². The van der Waals surface area contributed by atoms with Crippen LogP contribution in [-0.2, 0) is 9.53 Å². The van der Waals surface area contributed by atoms with Crippen molar-refractivity contribution >= 4 is 19.2 Å². The van der Waals surface area contributed by atoms with Crippen LogP contribution in [0.2, 0.25) is 22.0 Å². The Kier molecular flexibility index (Phi) is 3.42. The molecule has 0 aromatic rings. The van der Waals surface area contributed by atoms with Crippen LogP contribution < -0.4 is 0 Å². The van der Waals surface area contributed by atoms with Gasteiger partial charge in [-0.25, -0.2) is 0 Å². The molecule has 0 fully saturated rings. The molecule has 0 N–H and O–H groups in total. The molecule has 0 aromatic heterocycles. The predicted molar refractivity (Wildman–Crippen MR) is 44.8 cm³/mol. The second kappa shape index (κ2) is 3.42. The predicted octanol–water partition coefficient (Wildman–Crippen LogP) is 1.89. The van der Waals surface area contributed by atoms with Gasteiger partial charge in [0.2, 0.25) is 0 Å². The first kappa shape index (κ1) is 10.0. The van der Waals surface area contributed by atoms with Crippen LogP contribution in [0.4, 0.5) is 0 Å². The monoisotopic (exact) mass is 206 g/mol. The van der Waals surface area contributed by atoms with Gasteiger partial charge in [0, 0.05) is 0 Å². The molecule has 60 valence electrons. The summed E-state index contributed by atoms with van der Waals surface area (Å²) in [7, 11) is 1.45. The Hall–Kier alpha value is 0.0129. The molecule has 3 heteroatoms. The van der Waals surface area contributed by atoms with Crippen molar-refractivity contribution in [3.63, 3.8) is 0 Å². The first-order valence-electron chi connectivity index (χ1n) is 3.47. The molecule has 0 aromatic carbocycles. The molecule has 0 bridgehead atoms. The van der Waals surface area contributed by atoms with E-state index in [2.05, 4.69) is 22.0 Å². The Balaban J connectivity index is 4.08. The molecule has 1 unspecified atom stereocenters. The van der Waals surface area contributed by atoms with Crippen LogP contribution in [0.1, 0.15) is 6.92 Å². The minimum absolute atomic E-state index is 0.0486. The van der Waals surface area contributed by atoms with Crippen molar-refractivity contribution in [2.75, 3.05) is 7.11 Å². The maximum absolute atomic E-state index is 11.0. The molecule has 0 amide bonds. The van der Waals surface area contributed by atoms with Crippen LogP contribution in [-0.4, -0.2) is 26.3 Å². The van der Waals surface area contributed by atoms with Gasteiger partial charge in [-0.3, -0.25) is 0 Å². The molecule has 0 rings (SSSR count). The van der Waals surface area contributed by atoms with Gasteiger partial charge < -0.3 is 0 Å². The van der Waals surface area contributed by atoms with Gasteiger partial charge in [-0.2, -0.15) is 0 Å². The quantitative estimate of drug-likeness (QED) is 0.508. The van der Waals surface area contributed by atoms with E-state index in [1.807, 2.05) is 6.92 Å². The summed E-state index contributed by atoms with van der Waals surface area (Å²) in [5, 5.41) is 0. The number of rotatable bonds is 2. The van der Waals surface area contributed by atoms with Crippen molar-refractivity contribution in [2.24, 2.45) is 0 Å². The fourth-order valence-corrected chi connectivity index (χ4v) is 2.26. The number of ether oxygens (including phenoxy) is 1. The van der Waals surface area contributed by atoms with Gasteiger partial charge in [0.15, 0.2) is 0 Å². The standard InChI is InChI=1S/C7H16GeO2/c1-6(7(9)10-5)8(2,3)4/h6H,1-5H3. The second-order valence-electron chi connectivity index (χ2n) is 3.61. The molecular weight excluding hydrogens is 189 g/mol. The van der Waals surface area contributed by atoms with E-state index in [1.165, 1.54) is 7.11 Å². The Labute approximate surface area is 65.3 Å². The Morgan fingerprint density at radius 1 is 1.40 bits per heavy atom. The van der Waals surface area contributed by atoms with Crippen LogP contribution in [0, 0.1) is 0 Å². The van der Waals surface area contributed by atoms with Crippen molar-refractivity contribution in [2.45, 2.75) is 28.9 Å². The molecule has 0 aliphatic heterocycles. The minimum atomic E-state index is -1.78. The normalized spacial score (nSPS) is 14.5. The van der Waals surface area contributed by atoms with Crippen LogP contribution in [0.15, 0.2) is 0 Å². The topological polar surface area (TPSA) is 26.3 Å². The van der Waals surface area contributed by atoms with E-state index in [0.717, 1.165) is 0 Å². The molecule has 1 atom stereocenters. The number of hydrogen-bond acceptors (Lipinski definition) is 2. The molecule has 0 saturated carbocycles. The Bertz CT molecular complexity index is 126. The van der Waals surface area contributed by atoms with Gasteiger partial charge in [0.25, 0.3) is 0 Å². The number of hydrogen-bond donors (Lipinski definition) is 0. The van der Waals surface area contributed by atoms with Crippen LogP contribution in [0.5, 0.6) is 0 Å². The van der Waals surface area contributed by atoms with Gasteiger partial charge >= 0.3 is 64.8 Å². The maximum atomic E-state index is 11.0. The van der Waals surface area contributed by atoms with Crippen LogP contribution in [0.3, 0.4) is 0 Å². The first-order chi connectivity index (χ1) is 4.39.